The number of carbonyl (C=O) groups is 1. The SMILES string of the molecule is Cc1ccc(NC(=O)COc2ccc(Cl)cc2CNCc2ccccc2)cc1. The van der Waals surface area contributed by atoms with Crippen LogP contribution in [0.3, 0.4) is 0 Å². The Balaban J connectivity index is 1.55. The summed E-state index contributed by atoms with van der Waals surface area (Å²) in [4.78, 5) is 12.2. The minimum absolute atomic E-state index is 0.0683. The first kappa shape index (κ1) is 19.9. The molecule has 0 saturated carbocycles. The second-order valence-electron chi connectivity index (χ2n) is 6.54. The van der Waals surface area contributed by atoms with Gasteiger partial charge in [0.2, 0.25) is 0 Å². The number of benzene rings is 3. The highest BCUT2D eigenvalue weighted by Crippen LogP contribution is 2.23. The normalized spacial score (nSPS) is 10.5. The van der Waals surface area contributed by atoms with Gasteiger partial charge in [0.25, 0.3) is 5.91 Å². The Morgan fingerprint density at radius 1 is 0.964 bits per heavy atom. The first-order valence-corrected chi connectivity index (χ1v) is 9.50. The van der Waals surface area contributed by atoms with E-state index in [1.807, 2.05) is 55.5 Å². The van der Waals surface area contributed by atoms with E-state index >= 15 is 0 Å². The highest BCUT2D eigenvalue weighted by Gasteiger charge is 2.08. The Morgan fingerprint density at radius 3 is 2.46 bits per heavy atom. The van der Waals surface area contributed by atoms with Crippen LogP contribution in [0.1, 0.15) is 16.7 Å². The molecular formula is C23H23ClN2O2. The topological polar surface area (TPSA) is 50.4 Å². The van der Waals surface area contributed by atoms with Crippen LogP contribution in [-0.2, 0) is 17.9 Å². The molecule has 0 aliphatic carbocycles. The molecular weight excluding hydrogens is 372 g/mol. The molecule has 0 heterocycles. The predicted octanol–water partition coefficient (Wildman–Crippen LogP) is 4.96. The second-order valence-corrected chi connectivity index (χ2v) is 6.98. The zero-order chi connectivity index (χ0) is 19.8. The second kappa shape index (κ2) is 9.93. The molecule has 4 nitrogen and oxygen atoms in total. The number of carbonyl (C=O) groups excluding carboxylic acids is 1. The van der Waals surface area contributed by atoms with Gasteiger partial charge < -0.3 is 15.4 Å². The molecule has 144 valence electrons. The van der Waals surface area contributed by atoms with Crippen molar-refractivity contribution in [2.45, 2.75) is 20.0 Å². The minimum Gasteiger partial charge on any atom is -0.483 e. The molecule has 0 radical (unpaired) electrons. The number of hydrogen-bond acceptors (Lipinski definition) is 3. The zero-order valence-corrected chi connectivity index (χ0v) is 16.5. The third kappa shape index (κ3) is 6.12. The fourth-order valence-corrected chi connectivity index (χ4v) is 2.94. The van der Waals surface area contributed by atoms with E-state index in [0.717, 1.165) is 23.4 Å². The van der Waals surface area contributed by atoms with Crippen LogP contribution in [0.4, 0.5) is 5.69 Å². The summed E-state index contributed by atoms with van der Waals surface area (Å²) >= 11 is 6.13. The molecule has 3 rings (SSSR count). The van der Waals surface area contributed by atoms with E-state index in [9.17, 15) is 4.79 Å². The average molecular weight is 395 g/mol. The van der Waals surface area contributed by atoms with Gasteiger partial charge in [-0.3, -0.25) is 4.79 Å². The fraction of sp³-hybridized carbons (Fsp3) is 0.174. The summed E-state index contributed by atoms with van der Waals surface area (Å²) in [6, 6.07) is 23.2. The number of halogens is 1. The fourth-order valence-electron chi connectivity index (χ4n) is 2.74. The van der Waals surface area contributed by atoms with Crippen molar-refractivity contribution in [3.63, 3.8) is 0 Å². The maximum Gasteiger partial charge on any atom is 0.262 e. The molecule has 0 aliphatic heterocycles. The first-order valence-electron chi connectivity index (χ1n) is 9.12. The van der Waals surface area contributed by atoms with Crippen molar-refractivity contribution < 1.29 is 9.53 Å². The number of hydrogen-bond donors (Lipinski definition) is 2. The predicted molar refractivity (Wildman–Crippen MR) is 114 cm³/mol. The Morgan fingerprint density at radius 2 is 1.71 bits per heavy atom. The molecule has 1 amide bonds. The summed E-state index contributed by atoms with van der Waals surface area (Å²) < 4.78 is 5.74. The van der Waals surface area contributed by atoms with Crippen LogP contribution in [0, 0.1) is 6.92 Å². The highest BCUT2D eigenvalue weighted by atomic mass is 35.5. The molecule has 0 bridgehead atoms. The van der Waals surface area contributed by atoms with Crippen LogP contribution >= 0.6 is 11.6 Å². The van der Waals surface area contributed by atoms with Gasteiger partial charge in [-0.1, -0.05) is 59.6 Å². The molecule has 0 fully saturated rings. The summed E-state index contributed by atoms with van der Waals surface area (Å²) in [5.74, 6) is 0.436. The summed E-state index contributed by atoms with van der Waals surface area (Å²) in [6.45, 7) is 3.26. The van der Waals surface area contributed by atoms with Crippen molar-refractivity contribution in [3.05, 3.63) is 94.5 Å². The van der Waals surface area contributed by atoms with Gasteiger partial charge in [-0.2, -0.15) is 0 Å². The quantitative estimate of drug-likeness (QED) is 0.568. The van der Waals surface area contributed by atoms with E-state index in [4.69, 9.17) is 16.3 Å². The molecule has 0 spiro atoms. The van der Waals surface area contributed by atoms with Gasteiger partial charge in [-0.05, 0) is 42.8 Å². The smallest absolute Gasteiger partial charge is 0.262 e. The summed E-state index contributed by atoms with van der Waals surface area (Å²) in [5.41, 5.74) is 4.00. The number of nitrogens with one attached hydrogen (secondary N) is 2. The number of anilines is 1. The van der Waals surface area contributed by atoms with Gasteiger partial charge in [0, 0.05) is 29.4 Å². The van der Waals surface area contributed by atoms with Gasteiger partial charge >= 0.3 is 0 Å². The summed E-state index contributed by atoms with van der Waals surface area (Å²) in [5, 5.41) is 6.84. The van der Waals surface area contributed by atoms with Crippen LogP contribution < -0.4 is 15.4 Å². The average Bonchev–Trinajstić information content (AvgIpc) is 2.70. The van der Waals surface area contributed by atoms with Crippen molar-refractivity contribution in [1.29, 1.82) is 0 Å². The van der Waals surface area contributed by atoms with E-state index in [-0.39, 0.29) is 12.5 Å². The number of rotatable bonds is 8. The maximum atomic E-state index is 12.2. The molecule has 3 aromatic carbocycles. The van der Waals surface area contributed by atoms with Crippen LogP contribution in [0.2, 0.25) is 5.02 Å². The van der Waals surface area contributed by atoms with E-state index < -0.39 is 0 Å². The minimum atomic E-state index is -0.206. The molecule has 0 saturated heterocycles. The Bertz CT molecular complexity index is 912. The molecule has 0 unspecified atom stereocenters. The van der Waals surface area contributed by atoms with Crippen molar-refractivity contribution in [2.75, 3.05) is 11.9 Å². The van der Waals surface area contributed by atoms with E-state index in [1.165, 1.54) is 5.56 Å². The third-order valence-corrected chi connectivity index (χ3v) is 4.44. The monoisotopic (exact) mass is 394 g/mol. The summed E-state index contributed by atoms with van der Waals surface area (Å²) in [7, 11) is 0. The molecule has 3 aromatic rings. The van der Waals surface area contributed by atoms with Gasteiger partial charge in [-0.15, -0.1) is 0 Å². The molecule has 5 heteroatoms. The van der Waals surface area contributed by atoms with Crippen LogP contribution in [0.15, 0.2) is 72.8 Å². The third-order valence-electron chi connectivity index (χ3n) is 4.20. The van der Waals surface area contributed by atoms with E-state index in [1.54, 1.807) is 12.1 Å². The lowest BCUT2D eigenvalue weighted by atomic mass is 10.2. The van der Waals surface area contributed by atoms with Crippen molar-refractivity contribution >= 4 is 23.2 Å². The Kier molecular flexibility index (Phi) is 7.06. The molecule has 28 heavy (non-hydrogen) atoms. The van der Waals surface area contributed by atoms with Crippen molar-refractivity contribution in [3.8, 4) is 5.75 Å². The van der Waals surface area contributed by atoms with Crippen LogP contribution in [0.25, 0.3) is 0 Å². The molecule has 2 N–H and O–H groups in total. The summed E-state index contributed by atoms with van der Waals surface area (Å²) in [6.07, 6.45) is 0. The van der Waals surface area contributed by atoms with Gasteiger partial charge in [0.1, 0.15) is 5.75 Å². The largest absolute Gasteiger partial charge is 0.483 e. The van der Waals surface area contributed by atoms with E-state index in [2.05, 4.69) is 22.8 Å². The van der Waals surface area contributed by atoms with Gasteiger partial charge in [0.05, 0.1) is 0 Å². The highest BCUT2D eigenvalue weighted by molar-refractivity contribution is 6.30. The van der Waals surface area contributed by atoms with Crippen molar-refractivity contribution in [2.24, 2.45) is 0 Å². The zero-order valence-electron chi connectivity index (χ0n) is 15.7. The molecule has 0 aromatic heterocycles. The molecule has 0 aliphatic rings. The van der Waals surface area contributed by atoms with Crippen LogP contribution in [0.5, 0.6) is 5.75 Å². The maximum absolute atomic E-state index is 12.2. The van der Waals surface area contributed by atoms with Gasteiger partial charge in [-0.25, -0.2) is 0 Å². The van der Waals surface area contributed by atoms with E-state index in [0.29, 0.717) is 17.3 Å². The lowest BCUT2D eigenvalue weighted by Crippen LogP contribution is -2.21. The lowest BCUT2D eigenvalue weighted by molar-refractivity contribution is -0.118. The Labute approximate surface area is 170 Å². The Hall–Kier alpha value is -2.82. The standard InChI is InChI=1S/C23H23ClN2O2/c1-17-7-10-21(11-8-17)26-23(27)16-28-22-12-9-20(24)13-19(22)15-25-14-18-5-3-2-4-6-18/h2-13,25H,14-16H2,1H3,(H,26,27). The van der Waals surface area contributed by atoms with Crippen LogP contribution in [-0.4, -0.2) is 12.5 Å². The number of aryl methyl sites for hydroxylation is 1. The number of ether oxygens (including phenoxy) is 1. The number of amides is 1. The van der Waals surface area contributed by atoms with Gasteiger partial charge in [0.15, 0.2) is 6.61 Å². The molecule has 0 atom stereocenters. The van der Waals surface area contributed by atoms with Crippen molar-refractivity contribution in [1.82, 2.24) is 5.32 Å². The first-order chi connectivity index (χ1) is 13.6. The lowest BCUT2D eigenvalue weighted by Gasteiger charge is -2.13.